The summed E-state index contributed by atoms with van der Waals surface area (Å²) in [5.41, 5.74) is 1.03. The third-order valence-corrected chi connectivity index (χ3v) is 2.01. The quantitative estimate of drug-likeness (QED) is 0.896. The minimum Gasteiger partial charge on any atom is -0.367 e. The lowest BCUT2D eigenvalue weighted by Crippen LogP contribution is -2.16. The third kappa shape index (κ3) is 6.43. The molecule has 4 nitrogen and oxygen atoms in total. The van der Waals surface area contributed by atoms with E-state index in [1.54, 1.807) is 18.2 Å². The van der Waals surface area contributed by atoms with Crippen LogP contribution >= 0.6 is 0 Å². The largest absolute Gasteiger partial charge is 0.411 e. The van der Waals surface area contributed by atoms with Crippen LogP contribution in [0.15, 0.2) is 24.3 Å². The van der Waals surface area contributed by atoms with E-state index in [9.17, 15) is 18.0 Å². The first-order valence-corrected chi connectivity index (χ1v) is 5.31. The Balaban J connectivity index is 2.44. The zero-order chi connectivity index (χ0) is 14.3. The van der Waals surface area contributed by atoms with Gasteiger partial charge >= 0.3 is 6.18 Å². The maximum Gasteiger partial charge on any atom is 0.411 e. The minimum absolute atomic E-state index is 0.161. The number of alkyl halides is 3. The molecule has 102 valence electrons. The smallest absolute Gasteiger partial charge is 0.367 e. The Bertz CT molecular complexity index is 463. The number of hydrogen-bond acceptors (Lipinski definition) is 3. The SMILES string of the molecule is N#CCC(=O)Nc1ccc(COCC(F)(F)F)cc1. The summed E-state index contributed by atoms with van der Waals surface area (Å²) in [7, 11) is 0. The molecular formula is C12H11F3N2O2. The number of ether oxygens (including phenoxy) is 1. The number of hydrogen-bond donors (Lipinski definition) is 1. The molecule has 0 aliphatic rings. The summed E-state index contributed by atoms with van der Waals surface area (Å²) in [6.07, 6.45) is -4.60. The van der Waals surface area contributed by atoms with Gasteiger partial charge < -0.3 is 10.1 Å². The monoisotopic (exact) mass is 272 g/mol. The Hall–Kier alpha value is -2.07. The maximum atomic E-state index is 11.8. The van der Waals surface area contributed by atoms with Crippen LogP contribution in [-0.4, -0.2) is 18.7 Å². The number of benzene rings is 1. The van der Waals surface area contributed by atoms with Crippen molar-refractivity contribution in [1.29, 1.82) is 5.26 Å². The standard InChI is InChI=1S/C12H11F3N2O2/c13-12(14,15)8-19-7-9-1-3-10(4-2-9)17-11(18)5-6-16/h1-4H,5,7-8H2,(H,17,18). The molecule has 7 heteroatoms. The molecule has 0 radical (unpaired) electrons. The number of nitriles is 1. The summed E-state index contributed by atoms with van der Waals surface area (Å²) >= 11 is 0. The van der Waals surface area contributed by atoms with Crippen molar-refractivity contribution in [2.24, 2.45) is 0 Å². The van der Waals surface area contributed by atoms with Crippen LogP contribution in [0.3, 0.4) is 0 Å². The van der Waals surface area contributed by atoms with Crippen molar-refractivity contribution in [2.45, 2.75) is 19.2 Å². The van der Waals surface area contributed by atoms with Gasteiger partial charge in [-0.3, -0.25) is 4.79 Å². The van der Waals surface area contributed by atoms with Crippen LogP contribution in [0.2, 0.25) is 0 Å². The molecule has 0 aliphatic heterocycles. The maximum absolute atomic E-state index is 11.8. The molecule has 1 rings (SSSR count). The molecule has 0 spiro atoms. The number of nitrogens with one attached hydrogen (secondary N) is 1. The molecule has 1 aromatic carbocycles. The highest BCUT2D eigenvalue weighted by Crippen LogP contribution is 2.16. The van der Waals surface area contributed by atoms with Crippen LogP contribution in [-0.2, 0) is 16.1 Å². The Morgan fingerprint density at radius 2 is 1.95 bits per heavy atom. The highest BCUT2D eigenvalue weighted by molar-refractivity contribution is 5.91. The van der Waals surface area contributed by atoms with Gasteiger partial charge in [0.05, 0.1) is 12.7 Å². The number of amides is 1. The van der Waals surface area contributed by atoms with Gasteiger partial charge in [-0.1, -0.05) is 12.1 Å². The van der Waals surface area contributed by atoms with Crippen LogP contribution in [0.25, 0.3) is 0 Å². The molecule has 0 fully saturated rings. The summed E-state index contributed by atoms with van der Waals surface area (Å²) < 4.78 is 40.0. The topological polar surface area (TPSA) is 62.1 Å². The zero-order valence-electron chi connectivity index (χ0n) is 9.83. The molecule has 19 heavy (non-hydrogen) atoms. The Kier molecular flexibility index (Phi) is 5.33. The lowest BCUT2D eigenvalue weighted by Gasteiger charge is -2.08. The van der Waals surface area contributed by atoms with Gasteiger partial charge in [-0.25, -0.2) is 0 Å². The van der Waals surface area contributed by atoms with Crippen LogP contribution < -0.4 is 5.32 Å². The average Bonchev–Trinajstić information content (AvgIpc) is 2.30. The first kappa shape index (κ1) is 15.0. The Morgan fingerprint density at radius 3 is 2.47 bits per heavy atom. The second-order valence-electron chi connectivity index (χ2n) is 3.69. The van der Waals surface area contributed by atoms with E-state index < -0.39 is 18.7 Å². The second kappa shape index (κ2) is 6.75. The third-order valence-electron chi connectivity index (χ3n) is 2.01. The molecule has 1 amide bonds. The summed E-state index contributed by atoms with van der Waals surface area (Å²) in [6, 6.07) is 7.84. The van der Waals surface area contributed by atoms with Gasteiger partial charge in [-0.15, -0.1) is 0 Å². The van der Waals surface area contributed by atoms with Crippen LogP contribution in [0.1, 0.15) is 12.0 Å². The molecule has 0 bridgehead atoms. The zero-order valence-corrected chi connectivity index (χ0v) is 9.83. The van der Waals surface area contributed by atoms with E-state index in [4.69, 9.17) is 5.26 Å². The lowest BCUT2D eigenvalue weighted by atomic mass is 10.2. The molecule has 0 saturated carbocycles. The van der Waals surface area contributed by atoms with Crippen molar-refractivity contribution < 1.29 is 22.7 Å². The molecule has 1 N–H and O–H groups in total. The van der Waals surface area contributed by atoms with E-state index in [0.29, 0.717) is 11.3 Å². The number of anilines is 1. The molecule has 0 heterocycles. The summed E-state index contributed by atoms with van der Waals surface area (Å²) in [5, 5.41) is 10.8. The van der Waals surface area contributed by atoms with Gasteiger partial charge in [0.15, 0.2) is 0 Å². The van der Waals surface area contributed by atoms with E-state index >= 15 is 0 Å². The average molecular weight is 272 g/mol. The summed E-state index contributed by atoms with van der Waals surface area (Å²) in [6.45, 7) is -1.46. The number of rotatable bonds is 5. The van der Waals surface area contributed by atoms with Gasteiger partial charge in [0.1, 0.15) is 13.0 Å². The van der Waals surface area contributed by atoms with Crippen LogP contribution in [0.4, 0.5) is 18.9 Å². The predicted molar refractivity (Wildman–Crippen MR) is 61.0 cm³/mol. The number of carbonyl (C=O) groups is 1. The molecule has 0 unspecified atom stereocenters. The normalized spacial score (nSPS) is 10.8. The van der Waals surface area contributed by atoms with Crippen molar-refractivity contribution in [3.63, 3.8) is 0 Å². The second-order valence-corrected chi connectivity index (χ2v) is 3.69. The predicted octanol–water partition coefficient (Wildman–Crippen LogP) is 2.62. The first-order valence-electron chi connectivity index (χ1n) is 5.31. The molecule has 0 saturated heterocycles. The van der Waals surface area contributed by atoms with Gasteiger partial charge in [-0.05, 0) is 17.7 Å². The van der Waals surface area contributed by atoms with Gasteiger partial charge in [0.25, 0.3) is 0 Å². The molecule has 0 atom stereocenters. The highest BCUT2D eigenvalue weighted by Gasteiger charge is 2.27. The fraction of sp³-hybridized carbons (Fsp3) is 0.333. The highest BCUT2D eigenvalue weighted by atomic mass is 19.4. The Labute approximate surface area is 107 Å². The van der Waals surface area contributed by atoms with E-state index in [1.807, 2.05) is 0 Å². The van der Waals surface area contributed by atoms with E-state index in [1.165, 1.54) is 12.1 Å². The molecule has 1 aromatic rings. The van der Waals surface area contributed by atoms with Crippen molar-refractivity contribution in [1.82, 2.24) is 0 Å². The molecule has 0 aromatic heterocycles. The molecule has 0 aliphatic carbocycles. The number of carbonyl (C=O) groups excluding carboxylic acids is 1. The van der Waals surface area contributed by atoms with E-state index in [0.717, 1.165) is 0 Å². The van der Waals surface area contributed by atoms with E-state index in [2.05, 4.69) is 10.1 Å². The van der Waals surface area contributed by atoms with Gasteiger partial charge in [0.2, 0.25) is 5.91 Å². The number of nitrogens with zero attached hydrogens (tertiary/aromatic N) is 1. The summed E-state index contributed by atoms with van der Waals surface area (Å²) in [5.74, 6) is -0.441. The van der Waals surface area contributed by atoms with E-state index in [-0.39, 0.29) is 13.0 Å². The number of halogens is 3. The van der Waals surface area contributed by atoms with Crippen molar-refractivity contribution in [2.75, 3.05) is 11.9 Å². The van der Waals surface area contributed by atoms with Gasteiger partial charge in [-0.2, -0.15) is 18.4 Å². The van der Waals surface area contributed by atoms with Gasteiger partial charge in [0, 0.05) is 5.69 Å². The summed E-state index contributed by atoms with van der Waals surface area (Å²) in [4.78, 5) is 11.1. The lowest BCUT2D eigenvalue weighted by molar-refractivity contribution is -0.176. The first-order chi connectivity index (χ1) is 8.90. The van der Waals surface area contributed by atoms with Crippen LogP contribution in [0.5, 0.6) is 0 Å². The molecular weight excluding hydrogens is 261 g/mol. The van der Waals surface area contributed by atoms with Crippen LogP contribution in [0, 0.1) is 11.3 Å². The van der Waals surface area contributed by atoms with Crippen molar-refractivity contribution >= 4 is 11.6 Å². The fourth-order valence-electron chi connectivity index (χ4n) is 1.25. The fourth-order valence-corrected chi connectivity index (χ4v) is 1.25. The van der Waals surface area contributed by atoms with Crippen molar-refractivity contribution in [3.8, 4) is 6.07 Å². The van der Waals surface area contributed by atoms with Crippen molar-refractivity contribution in [3.05, 3.63) is 29.8 Å². The Morgan fingerprint density at radius 1 is 1.32 bits per heavy atom. The minimum atomic E-state index is -4.34.